The molecule has 3 nitrogen and oxygen atoms in total. The molecule has 0 aliphatic rings. The third kappa shape index (κ3) is 2.65. The SMILES string of the molecule is O=Cc1ncc(-c2ccccc2OC(F)F)s1. The minimum atomic E-state index is -2.88. The number of halogens is 2. The lowest BCUT2D eigenvalue weighted by molar-refractivity contribution is -0.0494. The molecule has 0 bridgehead atoms. The molecule has 0 atom stereocenters. The van der Waals surface area contributed by atoms with Gasteiger partial charge in [-0.25, -0.2) is 4.98 Å². The van der Waals surface area contributed by atoms with E-state index in [-0.39, 0.29) is 5.75 Å². The first-order valence-corrected chi connectivity index (χ1v) is 5.47. The molecule has 1 aromatic heterocycles. The smallest absolute Gasteiger partial charge is 0.387 e. The minimum absolute atomic E-state index is 0.0728. The Morgan fingerprint density at radius 2 is 2.12 bits per heavy atom. The van der Waals surface area contributed by atoms with E-state index >= 15 is 0 Å². The van der Waals surface area contributed by atoms with Crippen LogP contribution in [0.5, 0.6) is 5.75 Å². The standard InChI is InChI=1S/C11H7F2NO2S/c12-11(13)16-8-4-2-1-3-7(8)9-5-14-10(6-15)17-9/h1-6,11H. The van der Waals surface area contributed by atoms with Crippen molar-refractivity contribution in [1.29, 1.82) is 0 Å². The molecule has 0 unspecified atom stereocenters. The van der Waals surface area contributed by atoms with E-state index in [2.05, 4.69) is 9.72 Å². The number of hydrogen-bond acceptors (Lipinski definition) is 4. The molecular formula is C11H7F2NO2S. The molecule has 0 spiro atoms. The van der Waals surface area contributed by atoms with E-state index in [1.165, 1.54) is 12.3 Å². The maximum absolute atomic E-state index is 12.2. The van der Waals surface area contributed by atoms with Crippen molar-refractivity contribution >= 4 is 17.6 Å². The van der Waals surface area contributed by atoms with Gasteiger partial charge in [0.15, 0.2) is 11.3 Å². The summed E-state index contributed by atoms with van der Waals surface area (Å²) in [6.07, 6.45) is 2.08. The van der Waals surface area contributed by atoms with Crippen molar-refractivity contribution in [2.75, 3.05) is 0 Å². The molecular weight excluding hydrogens is 248 g/mol. The van der Waals surface area contributed by atoms with Crippen LogP contribution in [0.25, 0.3) is 10.4 Å². The lowest BCUT2D eigenvalue weighted by atomic mass is 10.2. The molecule has 0 radical (unpaired) electrons. The normalized spacial score (nSPS) is 10.5. The number of carbonyl (C=O) groups is 1. The summed E-state index contributed by atoms with van der Waals surface area (Å²) in [6.45, 7) is -2.88. The zero-order valence-electron chi connectivity index (χ0n) is 8.47. The van der Waals surface area contributed by atoms with E-state index in [0.717, 1.165) is 11.3 Å². The van der Waals surface area contributed by atoms with Crippen molar-refractivity contribution in [3.63, 3.8) is 0 Å². The molecule has 0 N–H and O–H groups in total. The Labute approximate surface area is 99.7 Å². The molecule has 1 aromatic carbocycles. The highest BCUT2D eigenvalue weighted by Gasteiger charge is 2.12. The van der Waals surface area contributed by atoms with Gasteiger partial charge in [0.1, 0.15) is 5.75 Å². The number of benzene rings is 1. The third-order valence-corrected chi connectivity index (χ3v) is 2.95. The van der Waals surface area contributed by atoms with Crippen LogP contribution in [-0.2, 0) is 0 Å². The van der Waals surface area contributed by atoms with Crippen molar-refractivity contribution in [2.45, 2.75) is 6.61 Å². The molecule has 1 heterocycles. The predicted molar refractivity (Wildman–Crippen MR) is 59.6 cm³/mol. The molecule has 2 aromatic rings. The number of rotatable bonds is 4. The third-order valence-electron chi connectivity index (χ3n) is 1.99. The number of alkyl halides is 2. The Morgan fingerprint density at radius 1 is 1.35 bits per heavy atom. The Balaban J connectivity index is 2.40. The fraction of sp³-hybridized carbons (Fsp3) is 0.0909. The molecule has 0 aliphatic carbocycles. The zero-order valence-corrected chi connectivity index (χ0v) is 9.29. The van der Waals surface area contributed by atoms with E-state index < -0.39 is 6.61 Å². The average Bonchev–Trinajstić information content (AvgIpc) is 2.77. The Kier molecular flexibility index (Phi) is 3.43. The maximum atomic E-state index is 12.2. The maximum Gasteiger partial charge on any atom is 0.387 e. The van der Waals surface area contributed by atoms with Crippen LogP contribution in [0, 0.1) is 0 Å². The zero-order chi connectivity index (χ0) is 12.3. The molecule has 2 rings (SSSR count). The monoisotopic (exact) mass is 255 g/mol. The highest BCUT2D eigenvalue weighted by atomic mass is 32.1. The number of aromatic nitrogens is 1. The number of ether oxygens (including phenoxy) is 1. The van der Waals surface area contributed by atoms with Crippen molar-refractivity contribution in [2.24, 2.45) is 0 Å². The van der Waals surface area contributed by atoms with Gasteiger partial charge in [-0.2, -0.15) is 8.78 Å². The molecule has 88 valence electrons. The number of thiazole rings is 1. The summed E-state index contributed by atoms with van der Waals surface area (Å²) in [6, 6.07) is 6.39. The second-order valence-electron chi connectivity index (χ2n) is 3.06. The Morgan fingerprint density at radius 3 is 2.76 bits per heavy atom. The number of carbonyl (C=O) groups excluding carboxylic acids is 1. The molecule has 6 heteroatoms. The van der Waals surface area contributed by atoms with Crippen molar-refractivity contribution in [1.82, 2.24) is 4.98 Å². The van der Waals surface area contributed by atoms with Gasteiger partial charge in [-0.15, -0.1) is 11.3 Å². The van der Waals surface area contributed by atoms with E-state index in [4.69, 9.17) is 0 Å². The second kappa shape index (κ2) is 5.01. The number of hydrogen-bond donors (Lipinski definition) is 0. The molecule has 0 amide bonds. The summed E-state index contributed by atoms with van der Waals surface area (Å²) in [5, 5.41) is 0.298. The summed E-state index contributed by atoms with van der Waals surface area (Å²) >= 11 is 1.12. The number of para-hydroxylation sites is 1. The van der Waals surface area contributed by atoms with Crippen molar-refractivity contribution in [3.8, 4) is 16.2 Å². The van der Waals surface area contributed by atoms with E-state index in [1.807, 2.05) is 0 Å². The lowest BCUT2D eigenvalue weighted by Gasteiger charge is -2.08. The van der Waals surface area contributed by atoms with Gasteiger partial charge in [-0.3, -0.25) is 4.79 Å². The minimum Gasteiger partial charge on any atom is -0.434 e. The van der Waals surface area contributed by atoms with Gasteiger partial charge in [0.25, 0.3) is 0 Å². The van der Waals surface area contributed by atoms with E-state index in [1.54, 1.807) is 18.2 Å². The highest BCUT2D eigenvalue weighted by Crippen LogP contribution is 2.34. The van der Waals surface area contributed by atoms with Gasteiger partial charge in [0.2, 0.25) is 0 Å². The first kappa shape index (κ1) is 11.7. The summed E-state index contributed by atoms with van der Waals surface area (Å²) < 4.78 is 28.8. The fourth-order valence-electron chi connectivity index (χ4n) is 1.34. The van der Waals surface area contributed by atoms with Crippen LogP contribution in [0.2, 0.25) is 0 Å². The molecule has 0 saturated heterocycles. The number of nitrogens with zero attached hydrogens (tertiary/aromatic N) is 1. The van der Waals surface area contributed by atoms with Gasteiger partial charge in [0, 0.05) is 11.8 Å². The first-order chi connectivity index (χ1) is 8.20. The largest absolute Gasteiger partial charge is 0.434 e. The van der Waals surface area contributed by atoms with Gasteiger partial charge < -0.3 is 4.74 Å². The van der Waals surface area contributed by atoms with Crippen LogP contribution >= 0.6 is 11.3 Å². The van der Waals surface area contributed by atoms with Crippen molar-refractivity contribution in [3.05, 3.63) is 35.5 Å². The Hall–Kier alpha value is -1.82. The fourth-order valence-corrected chi connectivity index (χ4v) is 2.10. The summed E-state index contributed by atoms with van der Waals surface area (Å²) in [4.78, 5) is 15.0. The van der Waals surface area contributed by atoms with Gasteiger partial charge in [-0.1, -0.05) is 12.1 Å². The van der Waals surface area contributed by atoms with Crippen LogP contribution in [0.15, 0.2) is 30.5 Å². The quantitative estimate of drug-likeness (QED) is 0.787. The van der Waals surface area contributed by atoms with Crippen molar-refractivity contribution < 1.29 is 18.3 Å². The van der Waals surface area contributed by atoms with Crippen LogP contribution < -0.4 is 4.74 Å². The van der Waals surface area contributed by atoms with Crippen LogP contribution in [0.1, 0.15) is 9.80 Å². The number of aldehydes is 1. The summed E-state index contributed by atoms with van der Waals surface area (Å²) in [7, 11) is 0. The molecule has 0 saturated carbocycles. The van der Waals surface area contributed by atoms with E-state index in [0.29, 0.717) is 21.7 Å². The first-order valence-electron chi connectivity index (χ1n) is 4.66. The van der Waals surface area contributed by atoms with Gasteiger partial charge in [-0.05, 0) is 12.1 Å². The average molecular weight is 255 g/mol. The van der Waals surface area contributed by atoms with Gasteiger partial charge >= 0.3 is 6.61 Å². The molecule has 0 aliphatic heterocycles. The lowest BCUT2D eigenvalue weighted by Crippen LogP contribution is -2.02. The summed E-state index contributed by atoms with van der Waals surface area (Å²) in [5.41, 5.74) is 0.499. The van der Waals surface area contributed by atoms with Gasteiger partial charge in [0.05, 0.1) is 4.88 Å². The molecule has 0 fully saturated rings. The summed E-state index contributed by atoms with van der Waals surface area (Å²) in [5.74, 6) is 0.0728. The topological polar surface area (TPSA) is 39.2 Å². The highest BCUT2D eigenvalue weighted by molar-refractivity contribution is 7.16. The van der Waals surface area contributed by atoms with Crippen LogP contribution in [-0.4, -0.2) is 17.9 Å². The molecule has 17 heavy (non-hydrogen) atoms. The predicted octanol–water partition coefficient (Wildman–Crippen LogP) is 3.22. The van der Waals surface area contributed by atoms with E-state index in [9.17, 15) is 13.6 Å². The Bertz CT molecular complexity index is 528. The van der Waals surface area contributed by atoms with Crippen LogP contribution in [0.4, 0.5) is 8.78 Å². The van der Waals surface area contributed by atoms with Crippen LogP contribution in [0.3, 0.4) is 0 Å². The second-order valence-corrected chi connectivity index (χ2v) is 4.12.